The first kappa shape index (κ1) is 13.4. The maximum atomic E-state index is 12.5. The van der Waals surface area contributed by atoms with Crippen LogP contribution < -0.4 is 0 Å². The van der Waals surface area contributed by atoms with E-state index in [2.05, 4.69) is 6.92 Å². The van der Waals surface area contributed by atoms with Crippen molar-refractivity contribution in [1.29, 1.82) is 0 Å². The standard InChI is InChI=1S/C14H23NO3/c1-3-6-15(10-4-5-10)13(16)11-7-9(2)8-12(11)14(17)18/h9-12H,3-8H2,1-2H3,(H,17,18)/t9?,11-,12+/m0/s1. The normalized spacial score (nSPS) is 31.3. The van der Waals surface area contributed by atoms with Crippen LogP contribution in [0.25, 0.3) is 0 Å². The second-order valence-electron chi connectivity index (χ2n) is 5.89. The first-order chi connectivity index (χ1) is 8.54. The summed E-state index contributed by atoms with van der Waals surface area (Å²) in [5.41, 5.74) is 0. The zero-order valence-electron chi connectivity index (χ0n) is 11.3. The predicted octanol–water partition coefficient (Wildman–Crippen LogP) is 2.13. The molecule has 4 heteroatoms. The molecule has 0 radical (unpaired) electrons. The fraction of sp³-hybridized carbons (Fsp3) is 0.857. The Morgan fingerprint density at radius 2 is 1.83 bits per heavy atom. The van der Waals surface area contributed by atoms with Crippen LogP contribution in [0.2, 0.25) is 0 Å². The number of carboxylic acid groups (broad SMARTS) is 1. The highest BCUT2D eigenvalue weighted by atomic mass is 16.4. The first-order valence-corrected chi connectivity index (χ1v) is 7.07. The molecule has 2 saturated carbocycles. The van der Waals surface area contributed by atoms with Gasteiger partial charge in [0.1, 0.15) is 0 Å². The molecular formula is C14H23NO3. The summed E-state index contributed by atoms with van der Waals surface area (Å²) in [5.74, 6) is -1.11. The highest BCUT2D eigenvalue weighted by molar-refractivity contribution is 5.85. The summed E-state index contributed by atoms with van der Waals surface area (Å²) < 4.78 is 0. The summed E-state index contributed by atoms with van der Waals surface area (Å²) in [7, 11) is 0. The molecule has 0 spiro atoms. The summed E-state index contributed by atoms with van der Waals surface area (Å²) in [6.45, 7) is 4.89. The Hall–Kier alpha value is -1.06. The van der Waals surface area contributed by atoms with Crippen molar-refractivity contribution in [2.24, 2.45) is 17.8 Å². The van der Waals surface area contributed by atoms with Crippen molar-refractivity contribution in [2.45, 2.75) is 52.0 Å². The second kappa shape index (κ2) is 5.29. The molecule has 0 heterocycles. The molecule has 1 amide bonds. The number of carbonyl (C=O) groups excluding carboxylic acids is 1. The summed E-state index contributed by atoms with van der Waals surface area (Å²) in [4.78, 5) is 25.7. The van der Waals surface area contributed by atoms with Gasteiger partial charge >= 0.3 is 5.97 Å². The summed E-state index contributed by atoms with van der Waals surface area (Å²) >= 11 is 0. The van der Waals surface area contributed by atoms with Crippen LogP contribution in [0.5, 0.6) is 0 Å². The lowest BCUT2D eigenvalue weighted by Crippen LogP contribution is -2.41. The van der Waals surface area contributed by atoms with Crippen molar-refractivity contribution < 1.29 is 14.7 Å². The van der Waals surface area contributed by atoms with Crippen molar-refractivity contribution in [3.8, 4) is 0 Å². The average Bonchev–Trinajstić information content (AvgIpc) is 3.07. The SMILES string of the molecule is CCCN(C(=O)[C@H]1CC(C)C[C@H]1C(=O)O)C1CC1. The van der Waals surface area contributed by atoms with Gasteiger partial charge in [0.05, 0.1) is 11.8 Å². The zero-order chi connectivity index (χ0) is 13.3. The molecule has 0 aromatic heterocycles. The van der Waals surface area contributed by atoms with Crippen LogP contribution in [0.3, 0.4) is 0 Å². The molecule has 18 heavy (non-hydrogen) atoms. The molecule has 4 nitrogen and oxygen atoms in total. The molecular weight excluding hydrogens is 230 g/mol. The maximum Gasteiger partial charge on any atom is 0.307 e. The molecule has 2 aliphatic carbocycles. The molecule has 0 aromatic rings. The van der Waals surface area contributed by atoms with Gasteiger partial charge in [0.2, 0.25) is 5.91 Å². The van der Waals surface area contributed by atoms with Gasteiger partial charge in [-0.15, -0.1) is 0 Å². The van der Waals surface area contributed by atoms with E-state index in [0.29, 0.717) is 18.4 Å². The molecule has 0 aromatic carbocycles. The minimum Gasteiger partial charge on any atom is -0.481 e. The van der Waals surface area contributed by atoms with Crippen LogP contribution in [0.4, 0.5) is 0 Å². The van der Waals surface area contributed by atoms with Crippen molar-refractivity contribution in [3.63, 3.8) is 0 Å². The largest absolute Gasteiger partial charge is 0.481 e. The fourth-order valence-electron chi connectivity index (χ4n) is 3.15. The second-order valence-corrected chi connectivity index (χ2v) is 5.89. The third kappa shape index (κ3) is 2.68. The zero-order valence-corrected chi connectivity index (χ0v) is 11.3. The molecule has 2 fully saturated rings. The van der Waals surface area contributed by atoms with Gasteiger partial charge in [-0.25, -0.2) is 0 Å². The van der Waals surface area contributed by atoms with Gasteiger partial charge in [-0.3, -0.25) is 9.59 Å². The Bertz CT molecular complexity index is 338. The van der Waals surface area contributed by atoms with Crippen molar-refractivity contribution in [3.05, 3.63) is 0 Å². The summed E-state index contributed by atoms with van der Waals surface area (Å²) in [6, 6.07) is 0.391. The number of carbonyl (C=O) groups is 2. The van der Waals surface area contributed by atoms with Gasteiger partial charge in [-0.2, -0.15) is 0 Å². The molecule has 0 saturated heterocycles. The molecule has 1 unspecified atom stereocenters. The van der Waals surface area contributed by atoms with E-state index in [0.717, 1.165) is 32.2 Å². The summed E-state index contributed by atoms with van der Waals surface area (Å²) in [6.07, 6.45) is 4.51. The van der Waals surface area contributed by atoms with Gasteiger partial charge in [-0.05, 0) is 38.0 Å². The number of carboxylic acids is 1. The smallest absolute Gasteiger partial charge is 0.307 e. The van der Waals surface area contributed by atoms with E-state index in [-0.39, 0.29) is 11.8 Å². The van der Waals surface area contributed by atoms with E-state index in [1.54, 1.807) is 0 Å². The van der Waals surface area contributed by atoms with Crippen LogP contribution in [0, 0.1) is 17.8 Å². The van der Waals surface area contributed by atoms with Gasteiger partial charge in [-0.1, -0.05) is 13.8 Å². The van der Waals surface area contributed by atoms with Gasteiger partial charge in [0, 0.05) is 12.6 Å². The van der Waals surface area contributed by atoms with Crippen molar-refractivity contribution in [1.82, 2.24) is 4.90 Å². The van der Waals surface area contributed by atoms with E-state index < -0.39 is 11.9 Å². The topological polar surface area (TPSA) is 57.6 Å². The van der Waals surface area contributed by atoms with Crippen LogP contribution in [0.1, 0.15) is 46.0 Å². The molecule has 1 N–H and O–H groups in total. The molecule has 2 aliphatic rings. The third-order valence-electron chi connectivity index (χ3n) is 4.17. The van der Waals surface area contributed by atoms with E-state index >= 15 is 0 Å². The maximum absolute atomic E-state index is 12.5. The lowest BCUT2D eigenvalue weighted by molar-refractivity contribution is -0.149. The predicted molar refractivity (Wildman–Crippen MR) is 68.0 cm³/mol. The van der Waals surface area contributed by atoms with Gasteiger partial charge in [0.15, 0.2) is 0 Å². The Morgan fingerprint density at radius 1 is 1.22 bits per heavy atom. The van der Waals surface area contributed by atoms with Crippen LogP contribution in [0.15, 0.2) is 0 Å². The van der Waals surface area contributed by atoms with E-state index in [9.17, 15) is 14.7 Å². The Balaban J connectivity index is 2.08. The summed E-state index contributed by atoms with van der Waals surface area (Å²) in [5, 5.41) is 9.25. The lowest BCUT2D eigenvalue weighted by Gasteiger charge is -2.27. The number of amides is 1. The van der Waals surface area contributed by atoms with Crippen LogP contribution in [-0.2, 0) is 9.59 Å². The molecule has 102 valence electrons. The van der Waals surface area contributed by atoms with Crippen molar-refractivity contribution >= 4 is 11.9 Å². The Labute approximate surface area is 108 Å². The highest BCUT2D eigenvalue weighted by Gasteiger charge is 2.45. The number of hydrogen-bond donors (Lipinski definition) is 1. The van der Waals surface area contributed by atoms with Gasteiger partial charge in [0.25, 0.3) is 0 Å². The number of nitrogens with zero attached hydrogens (tertiary/aromatic N) is 1. The fourth-order valence-corrected chi connectivity index (χ4v) is 3.15. The first-order valence-electron chi connectivity index (χ1n) is 7.07. The van der Waals surface area contributed by atoms with E-state index in [1.807, 2.05) is 11.8 Å². The minimum absolute atomic E-state index is 0.0936. The van der Waals surface area contributed by atoms with E-state index in [4.69, 9.17) is 0 Å². The molecule has 2 rings (SSSR count). The third-order valence-corrected chi connectivity index (χ3v) is 4.17. The average molecular weight is 253 g/mol. The Kier molecular flexibility index (Phi) is 3.93. The minimum atomic E-state index is -0.801. The number of hydrogen-bond acceptors (Lipinski definition) is 2. The van der Waals surface area contributed by atoms with E-state index in [1.165, 1.54) is 0 Å². The molecule has 3 atom stereocenters. The molecule has 0 bridgehead atoms. The number of aliphatic carboxylic acids is 1. The van der Waals surface area contributed by atoms with Crippen molar-refractivity contribution in [2.75, 3.05) is 6.54 Å². The monoisotopic (exact) mass is 253 g/mol. The Morgan fingerprint density at radius 3 is 2.33 bits per heavy atom. The molecule has 0 aliphatic heterocycles. The quantitative estimate of drug-likeness (QED) is 0.816. The van der Waals surface area contributed by atoms with Crippen LogP contribution in [-0.4, -0.2) is 34.5 Å². The van der Waals surface area contributed by atoms with Crippen LogP contribution >= 0.6 is 0 Å². The highest BCUT2D eigenvalue weighted by Crippen LogP contribution is 2.39. The lowest BCUT2D eigenvalue weighted by atomic mass is 9.94. The number of rotatable bonds is 5. The van der Waals surface area contributed by atoms with Gasteiger partial charge < -0.3 is 10.0 Å².